The van der Waals surface area contributed by atoms with Gasteiger partial charge in [0.2, 0.25) is 5.91 Å². The van der Waals surface area contributed by atoms with Gasteiger partial charge < -0.3 is 15.7 Å². The van der Waals surface area contributed by atoms with E-state index in [0.29, 0.717) is 6.54 Å². The first-order valence-corrected chi connectivity index (χ1v) is 6.82. The molecule has 3 N–H and O–H groups in total. The average molecular weight is 240 g/mol. The SMILES string of the molecule is NC1CCCN(CC2(CO)CCCCC2)C1=O. The number of piperidine rings is 1. The van der Waals surface area contributed by atoms with Gasteiger partial charge in [-0.15, -0.1) is 0 Å². The molecule has 1 amide bonds. The topological polar surface area (TPSA) is 66.6 Å². The number of aliphatic hydroxyl groups excluding tert-OH is 1. The summed E-state index contributed by atoms with van der Waals surface area (Å²) in [5.74, 6) is 0.0784. The number of nitrogens with two attached hydrogens (primary N) is 1. The minimum atomic E-state index is -0.317. The molecule has 0 aromatic heterocycles. The highest BCUT2D eigenvalue weighted by atomic mass is 16.3. The summed E-state index contributed by atoms with van der Waals surface area (Å²) in [7, 11) is 0. The molecule has 4 nitrogen and oxygen atoms in total. The Bertz CT molecular complexity index is 275. The molecule has 0 radical (unpaired) electrons. The molecule has 2 fully saturated rings. The summed E-state index contributed by atoms with van der Waals surface area (Å²) in [5.41, 5.74) is 5.75. The first-order chi connectivity index (χ1) is 8.17. The Morgan fingerprint density at radius 2 is 2.00 bits per heavy atom. The van der Waals surface area contributed by atoms with E-state index in [2.05, 4.69) is 0 Å². The lowest BCUT2D eigenvalue weighted by Gasteiger charge is -2.42. The highest BCUT2D eigenvalue weighted by molar-refractivity contribution is 5.82. The number of nitrogens with zero attached hydrogens (tertiary/aromatic N) is 1. The molecule has 2 rings (SSSR count). The number of likely N-dealkylation sites (tertiary alicyclic amines) is 1. The minimum absolute atomic E-state index is 0.0506. The van der Waals surface area contributed by atoms with E-state index >= 15 is 0 Å². The lowest BCUT2D eigenvalue weighted by Crippen LogP contribution is -2.53. The fourth-order valence-electron chi connectivity index (χ4n) is 3.20. The first-order valence-electron chi connectivity index (χ1n) is 6.82. The van der Waals surface area contributed by atoms with Crippen molar-refractivity contribution in [3.05, 3.63) is 0 Å². The summed E-state index contributed by atoms with van der Waals surface area (Å²) in [6.07, 6.45) is 7.50. The van der Waals surface area contributed by atoms with Crippen LogP contribution in [-0.4, -0.2) is 41.7 Å². The molecule has 1 saturated heterocycles. The smallest absolute Gasteiger partial charge is 0.239 e. The average Bonchev–Trinajstić information content (AvgIpc) is 2.36. The highest BCUT2D eigenvalue weighted by Crippen LogP contribution is 2.37. The zero-order chi connectivity index (χ0) is 12.3. The summed E-state index contributed by atoms with van der Waals surface area (Å²) in [5, 5.41) is 9.66. The Morgan fingerprint density at radius 3 is 2.65 bits per heavy atom. The third-order valence-electron chi connectivity index (χ3n) is 4.35. The van der Waals surface area contributed by atoms with Crippen LogP contribution in [0.15, 0.2) is 0 Å². The minimum Gasteiger partial charge on any atom is -0.396 e. The lowest BCUT2D eigenvalue weighted by atomic mass is 9.74. The van der Waals surface area contributed by atoms with Crippen molar-refractivity contribution in [1.82, 2.24) is 4.90 Å². The van der Waals surface area contributed by atoms with E-state index in [9.17, 15) is 9.90 Å². The van der Waals surface area contributed by atoms with Crippen molar-refractivity contribution in [2.75, 3.05) is 19.7 Å². The Balaban J connectivity index is 1.99. The van der Waals surface area contributed by atoms with Crippen LogP contribution in [0.3, 0.4) is 0 Å². The van der Waals surface area contributed by atoms with Crippen LogP contribution >= 0.6 is 0 Å². The third-order valence-corrected chi connectivity index (χ3v) is 4.35. The number of aliphatic hydroxyl groups is 1. The van der Waals surface area contributed by atoms with Crippen molar-refractivity contribution in [2.45, 2.75) is 51.0 Å². The largest absolute Gasteiger partial charge is 0.396 e. The molecular weight excluding hydrogens is 216 g/mol. The van der Waals surface area contributed by atoms with E-state index in [4.69, 9.17) is 5.73 Å². The number of rotatable bonds is 3. The first kappa shape index (κ1) is 12.8. The standard InChI is InChI=1S/C13H24N2O2/c14-11-5-4-8-15(12(11)17)9-13(10-16)6-2-1-3-7-13/h11,16H,1-10,14H2. The molecule has 2 aliphatic rings. The fraction of sp³-hybridized carbons (Fsp3) is 0.923. The van der Waals surface area contributed by atoms with Crippen molar-refractivity contribution in [2.24, 2.45) is 11.1 Å². The van der Waals surface area contributed by atoms with E-state index in [0.717, 1.165) is 32.2 Å². The van der Waals surface area contributed by atoms with Gasteiger partial charge in [0.25, 0.3) is 0 Å². The summed E-state index contributed by atoms with van der Waals surface area (Å²) >= 11 is 0. The van der Waals surface area contributed by atoms with Gasteiger partial charge >= 0.3 is 0 Å². The molecule has 1 saturated carbocycles. The summed E-state index contributed by atoms with van der Waals surface area (Å²) < 4.78 is 0. The van der Waals surface area contributed by atoms with Crippen LogP contribution in [0.4, 0.5) is 0 Å². The second-order valence-electron chi connectivity index (χ2n) is 5.73. The van der Waals surface area contributed by atoms with Gasteiger partial charge in [0.15, 0.2) is 0 Å². The number of carbonyl (C=O) groups excluding carboxylic acids is 1. The van der Waals surface area contributed by atoms with Gasteiger partial charge in [0, 0.05) is 18.5 Å². The van der Waals surface area contributed by atoms with Gasteiger partial charge in [0.05, 0.1) is 12.6 Å². The van der Waals surface area contributed by atoms with Crippen LogP contribution in [0.1, 0.15) is 44.9 Å². The summed E-state index contributed by atoms with van der Waals surface area (Å²) in [6, 6.07) is -0.317. The van der Waals surface area contributed by atoms with Gasteiger partial charge in [-0.05, 0) is 25.7 Å². The summed E-state index contributed by atoms with van der Waals surface area (Å²) in [6.45, 7) is 1.72. The fourth-order valence-corrected chi connectivity index (χ4v) is 3.20. The van der Waals surface area contributed by atoms with Gasteiger partial charge in [-0.25, -0.2) is 0 Å². The maximum absolute atomic E-state index is 12.0. The molecule has 1 aliphatic carbocycles. The molecule has 0 aromatic carbocycles. The lowest BCUT2D eigenvalue weighted by molar-refractivity contribution is -0.137. The second-order valence-corrected chi connectivity index (χ2v) is 5.73. The molecule has 17 heavy (non-hydrogen) atoms. The number of hydrogen-bond acceptors (Lipinski definition) is 3. The number of hydrogen-bond donors (Lipinski definition) is 2. The van der Waals surface area contributed by atoms with Gasteiger partial charge in [0.1, 0.15) is 0 Å². The third kappa shape index (κ3) is 2.80. The molecule has 0 aromatic rings. The maximum Gasteiger partial charge on any atom is 0.239 e. The monoisotopic (exact) mass is 240 g/mol. The van der Waals surface area contributed by atoms with Crippen molar-refractivity contribution >= 4 is 5.91 Å². The van der Waals surface area contributed by atoms with Crippen molar-refractivity contribution in [1.29, 1.82) is 0 Å². The quantitative estimate of drug-likeness (QED) is 0.769. The van der Waals surface area contributed by atoms with Crippen LogP contribution < -0.4 is 5.73 Å². The van der Waals surface area contributed by atoms with Gasteiger partial charge in [-0.2, -0.15) is 0 Å². The van der Waals surface area contributed by atoms with Crippen LogP contribution in [-0.2, 0) is 4.79 Å². The van der Waals surface area contributed by atoms with E-state index in [1.807, 2.05) is 4.90 Å². The molecule has 1 unspecified atom stereocenters. The molecule has 1 heterocycles. The molecule has 1 atom stereocenters. The second kappa shape index (κ2) is 5.36. The Hall–Kier alpha value is -0.610. The number of amides is 1. The molecular formula is C13H24N2O2. The zero-order valence-electron chi connectivity index (χ0n) is 10.5. The molecule has 0 bridgehead atoms. The zero-order valence-corrected chi connectivity index (χ0v) is 10.5. The van der Waals surface area contributed by atoms with Crippen LogP contribution in [0.5, 0.6) is 0 Å². The molecule has 1 aliphatic heterocycles. The van der Waals surface area contributed by atoms with E-state index < -0.39 is 0 Å². The van der Waals surface area contributed by atoms with Crippen molar-refractivity contribution < 1.29 is 9.90 Å². The Morgan fingerprint density at radius 1 is 1.29 bits per heavy atom. The van der Waals surface area contributed by atoms with Crippen molar-refractivity contribution in [3.8, 4) is 0 Å². The normalized spacial score (nSPS) is 29.4. The predicted octanol–water partition coefficient (Wildman–Crippen LogP) is 0.879. The highest BCUT2D eigenvalue weighted by Gasteiger charge is 2.36. The van der Waals surface area contributed by atoms with E-state index in [1.165, 1.54) is 19.3 Å². The van der Waals surface area contributed by atoms with Gasteiger partial charge in [-0.3, -0.25) is 4.79 Å². The Kier molecular flexibility index (Phi) is 4.05. The van der Waals surface area contributed by atoms with E-state index in [-0.39, 0.29) is 24.0 Å². The van der Waals surface area contributed by atoms with Crippen LogP contribution in [0.2, 0.25) is 0 Å². The van der Waals surface area contributed by atoms with E-state index in [1.54, 1.807) is 0 Å². The number of carbonyl (C=O) groups is 1. The van der Waals surface area contributed by atoms with Crippen LogP contribution in [0, 0.1) is 5.41 Å². The Labute approximate surface area is 103 Å². The van der Waals surface area contributed by atoms with Gasteiger partial charge in [-0.1, -0.05) is 19.3 Å². The van der Waals surface area contributed by atoms with Crippen LogP contribution in [0.25, 0.3) is 0 Å². The molecule has 98 valence electrons. The predicted molar refractivity (Wildman–Crippen MR) is 66.4 cm³/mol. The van der Waals surface area contributed by atoms with Crippen molar-refractivity contribution in [3.63, 3.8) is 0 Å². The maximum atomic E-state index is 12.0. The molecule has 4 heteroatoms. The summed E-state index contributed by atoms with van der Waals surface area (Å²) in [4.78, 5) is 13.9. The molecule has 0 spiro atoms.